The van der Waals surface area contributed by atoms with Crippen molar-refractivity contribution in [2.45, 2.75) is 82.8 Å². The van der Waals surface area contributed by atoms with Crippen LogP contribution in [0.4, 0.5) is 0 Å². The van der Waals surface area contributed by atoms with Gasteiger partial charge in [-0.2, -0.15) is 0 Å². The summed E-state index contributed by atoms with van der Waals surface area (Å²) in [7, 11) is 2.92. The molecule has 9 nitrogen and oxygen atoms in total. The Balaban J connectivity index is 1.59. The summed E-state index contributed by atoms with van der Waals surface area (Å²) in [6.45, 7) is 8.48. The van der Waals surface area contributed by atoms with Crippen LogP contribution in [0.2, 0.25) is 0 Å². The summed E-state index contributed by atoms with van der Waals surface area (Å²) in [5.41, 5.74) is 0.471. The number of piperidine rings is 1. The largest absolute Gasteiger partial charge is 0.493 e. The molecule has 4 rings (SSSR count). The molecule has 0 spiro atoms. The third-order valence-electron chi connectivity index (χ3n) is 6.61. The highest BCUT2D eigenvalue weighted by Gasteiger charge is 2.48. The van der Waals surface area contributed by atoms with Gasteiger partial charge in [-0.15, -0.1) is 0 Å². The molecule has 2 fully saturated rings. The highest BCUT2D eigenvalue weighted by atomic mass is 16.6. The Hall–Kier alpha value is -2.81. The smallest absolute Gasteiger partial charge is 0.344 e. The first-order chi connectivity index (χ1) is 15.5. The average Bonchev–Trinajstić information content (AvgIpc) is 3.24. The molecule has 0 aromatic heterocycles. The number of rotatable bonds is 5. The van der Waals surface area contributed by atoms with Crippen LogP contribution in [-0.4, -0.2) is 60.1 Å². The van der Waals surface area contributed by atoms with Crippen molar-refractivity contribution in [1.82, 2.24) is 15.5 Å². The van der Waals surface area contributed by atoms with Crippen LogP contribution in [-0.2, 0) is 14.3 Å². The number of esters is 1. The lowest BCUT2D eigenvalue weighted by Crippen LogP contribution is -2.63. The molecule has 2 N–H and O–H groups in total. The van der Waals surface area contributed by atoms with Gasteiger partial charge in [0.2, 0.25) is 18.0 Å². The number of methoxy groups -OCH3 is 2. The zero-order valence-corrected chi connectivity index (χ0v) is 20.1. The van der Waals surface area contributed by atoms with E-state index in [4.69, 9.17) is 14.2 Å². The van der Waals surface area contributed by atoms with Gasteiger partial charge in [0.1, 0.15) is 11.6 Å². The molecule has 3 aliphatic rings. The molecule has 2 atom stereocenters. The fourth-order valence-electron chi connectivity index (χ4n) is 5.76. The molecule has 0 aliphatic carbocycles. The molecule has 0 saturated carbocycles. The standard InChI is InChI=1S/C24H33N3O6/c1-23(2)11-13(12-24(3,4)26-23)25-20(29)15-8-10-17(28)27(15)21-14-7-9-16(31-5)19(32-6)18(14)22(30)33-21/h7,9,13,15,21,26H,8,10-12H2,1-6H3,(H,25,29)/t15-,21-/m0/s1. The Morgan fingerprint density at radius 3 is 2.39 bits per heavy atom. The van der Waals surface area contributed by atoms with Gasteiger partial charge in [-0.1, -0.05) is 0 Å². The molecule has 1 aromatic rings. The predicted octanol–water partition coefficient (Wildman–Crippen LogP) is 2.29. The number of amides is 2. The maximum absolute atomic E-state index is 13.4. The number of ether oxygens (including phenoxy) is 3. The lowest BCUT2D eigenvalue weighted by atomic mass is 9.79. The van der Waals surface area contributed by atoms with Gasteiger partial charge in [0, 0.05) is 29.1 Å². The predicted molar refractivity (Wildman–Crippen MR) is 120 cm³/mol. The van der Waals surface area contributed by atoms with E-state index in [1.807, 2.05) is 0 Å². The van der Waals surface area contributed by atoms with Crippen LogP contribution in [0.1, 0.15) is 75.5 Å². The summed E-state index contributed by atoms with van der Waals surface area (Å²) in [6.07, 6.45) is 1.18. The van der Waals surface area contributed by atoms with E-state index in [0.717, 1.165) is 12.8 Å². The van der Waals surface area contributed by atoms with Crippen molar-refractivity contribution >= 4 is 17.8 Å². The second kappa shape index (κ2) is 8.20. The maximum Gasteiger partial charge on any atom is 0.344 e. The zero-order chi connectivity index (χ0) is 24.1. The number of hydrogen-bond donors (Lipinski definition) is 2. The van der Waals surface area contributed by atoms with E-state index in [-0.39, 0.29) is 46.7 Å². The number of benzene rings is 1. The molecule has 0 unspecified atom stereocenters. The molecule has 33 heavy (non-hydrogen) atoms. The second-order valence-electron chi connectivity index (χ2n) is 10.4. The van der Waals surface area contributed by atoms with Gasteiger partial charge < -0.3 is 24.8 Å². The highest BCUT2D eigenvalue weighted by molar-refractivity contribution is 5.99. The van der Waals surface area contributed by atoms with E-state index in [1.54, 1.807) is 12.1 Å². The number of carbonyl (C=O) groups excluding carboxylic acids is 3. The van der Waals surface area contributed by atoms with Gasteiger partial charge >= 0.3 is 5.97 Å². The first kappa shape index (κ1) is 23.4. The zero-order valence-electron chi connectivity index (χ0n) is 20.1. The van der Waals surface area contributed by atoms with E-state index in [9.17, 15) is 14.4 Å². The Morgan fingerprint density at radius 2 is 1.79 bits per heavy atom. The van der Waals surface area contributed by atoms with Crippen LogP contribution in [0.5, 0.6) is 11.5 Å². The van der Waals surface area contributed by atoms with Crippen LogP contribution >= 0.6 is 0 Å². The lowest BCUT2D eigenvalue weighted by Gasteiger charge is -2.47. The fraction of sp³-hybridized carbons (Fsp3) is 0.625. The molecule has 1 aromatic carbocycles. The second-order valence-corrected chi connectivity index (χ2v) is 10.4. The normalized spacial score (nSPS) is 26.1. The molecule has 3 heterocycles. The average molecular weight is 460 g/mol. The first-order valence-electron chi connectivity index (χ1n) is 11.3. The van der Waals surface area contributed by atoms with Crippen LogP contribution in [0.15, 0.2) is 12.1 Å². The van der Waals surface area contributed by atoms with Crippen LogP contribution in [0.3, 0.4) is 0 Å². The first-order valence-corrected chi connectivity index (χ1v) is 11.3. The number of cyclic esters (lactones) is 1. The van der Waals surface area contributed by atoms with Crippen LogP contribution < -0.4 is 20.1 Å². The molecular formula is C24H33N3O6. The van der Waals surface area contributed by atoms with E-state index >= 15 is 0 Å². The monoisotopic (exact) mass is 459 g/mol. The van der Waals surface area contributed by atoms with Crippen LogP contribution in [0.25, 0.3) is 0 Å². The van der Waals surface area contributed by atoms with E-state index in [2.05, 4.69) is 38.3 Å². The van der Waals surface area contributed by atoms with Gasteiger partial charge in [-0.25, -0.2) is 4.79 Å². The number of hydrogen-bond acceptors (Lipinski definition) is 7. The SMILES string of the molecule is COc1ccc2c(c1OC)C(=O)O[C@@H]2N1C(=O)CC[C@H]1C(=O)NC1CC(C)(C)NC(C)(C)C1. The number of nitrogens with zero attached hydrogens (tertiary/aromatic N) is 1. The van der Waals surface area contributed by atoms with E-state index < -0.39 is 18.2 Å². The minimum Gasteiger partial charge on any atom is -0.493 e. The van der Waals surface area contributed by atoms with Gasteiger partial charge in [0.15, 0.2) is 11.5 Å². The van der Waals surface area contributed by atoms with Gasteiger partial charge in [0.25, 0.3) is 0 Å². The van der Waals surface area contributed by atoms with Gasteiger partial charge in [0.05, 0.1) is 14.2 Å². The van der Waals surface area contributed by atoms with Crippen molar-refractivity contribution < 1.29 is 28.6 Å². The number of fused-ring (bicyclic) bond motifs is 1. The van der Waals surface area contributed by atoms with Crippen molar-refractivity contribution in [3.8, 4) is 11.5 Å². The third-order valence-corrected chi connectivity index (χ3v) is 6.61. The summed E-state index contributed by atoms with van der Waals surface area (Å²) >= 11 is 0. The Bertz CT molecular complexity index is 973. The molecule has 180 valence electrons. The van der Waals surface area contributed by atoms with Crippen molar-refractivity contribution in [3.05, 3.63) is 23.3 Å². The van der Waals surface area contributed by atoms with E-state index in [1.165, 1.54) is 19.1 Å². The Kier molecular flexibility index (Phi) is 5.80. The minimum atomic E-state index is -0.973. The number of carbonyl (C=O) groups is 3. The third kappa shape index (κ3) is 4.26. The number of nitrogens with one attached hydrogen (secondary N) is 2. The van der Waals surface area contributed by atoms with Gasteiger partial charge in [-0.05, 0) is 59.1 Å². The van der Waals surface area contributed by atoms with E-state index in [0.29, 0.717) is 17.7 Å². The molecule has 0 radical (unpaired) electrons. The minimum absolute atomic E-state index is 0.0240. The summed E-state index contributed by atoms with van der Waals surface area (Å²) in [5.74, 6) is -0.390. The van der Waals surface area contributed by atoms with Crippen molar-refractivity contribution in [2.75, 3.05) is 14.2 Å². The Labute approximate surface area is 194 Å². The van der Waals surface area contributed by atoms with Crippen LogP contribution in [0, 0.1) is 0 Å². The lowest BCUT2D eigenvalue weighted by molar-refractivity contribution is -0.146. The summed E-state index contributed by atoms with van der Waals surface area (Å²) in [5, 5.41) is 6.77. The quantitative estimate of drug-likeness (QED) is 0.651. The molecule has 3 aliphatic heterocycles. The molecule has 2 amide bonds. The van der Waals surface area contributed by atoms with Crippen molar-refractivity contribution in [3.63, 3.8) is 0 Å². The molecule has 2 saturated heterocycles. The van der Waals surface area contributed by atoms with Crippen molar-refractivity contribution in [1.29, 1.82) is 0 Å². The Morgan fingerprint density at radius 1 is 1.12 bits per heavy atom. The summed E-state index contributed by atoms with van der Waals surface area (Å²) in [4.78, 5) is 40.3. The topological polar surface area (TPSA) is 106 Å². The van der Waals surface area contributed by atoms with Crippen molar-refractivity contribution in [2.24, 2.45) is 0 Å². The summed E-state index contributed by atoms with van der Waals surface area (Å²) in [6, 6.07) is 2.62. The fourth-order valence-corrected chi connectivity index (χ4v) is 5.76. The molecule has 0 bridgehead atoms. The molecular weight excluding hydrogens is 426 g/mol. The number of likely N-dealkylation sites (tertiary alicyclic amines) is 1. The molecule has 9 heteroatoms. The van der Waals surface area contributed by atoms with Gasteiger partial charge in [-0.3, -0.25) is 14.5 Å². The maximum atomic E-state index is 13.4. The summed E-state index contributed by atoms with van der Waals surface area (Å²) < 4.78 is 16.3. The highest BCUT2D eigenvalue weighted by Crippen LogP contribution is 2.45.